The molecule has 1 aromatic carbocycles. The molecule has 1 aromatic heterocycles. The van der Waals surface area contributed by atoms with Gasteiger partial charge in [-0.2, -0.15) is 11.3 Å². The minimum atomic E-state index is -0.474. The molecule has 2 heterocycles. The van der Waals surface area contributed by atoms with Gasteiger partial charge in [-0.05, 0) is 47.0 Å². The second-order valence-corrected chi connectivity index (χ2v) is 5.60. The third-order valence-corrected chi connectivity index (χ3v) is 4.14. The van der Waals surface area contributed by atoms with E-state index >= 15 is 0 Å². The lowest BCUT2D eigenvalue weighted by Crippen LogP contribution is -2.24. The van der Waals surface area contributed by atoms with Crippen LogP contribution in [0.25, 0.3) is 0 Å². The zero-order valence-corrected chi connectivity index (χ0v) is 12.0. The zero-order valence-electron chi connectivity index (χ0n) is 11.2. The third kappa shape index (κ3) is 2.80. The first-order valence-electron chi connectivity index (χ1n) is 6.57. The van der Waals surface area contributed by atoms with Crippen LogP contribution >= 0.6 is 11.3 Å². The van der Waals surface area contributed by atoms with Gasteiger partial charge >= 0.3 is 0 Å². The van der Waals surface area contributed by atoms with E-state index in [0.717, 1.165) is 22.6 Å². The molecule has 0 bridgehead atoms. The average molecular weight is 291 g/mol. The van der Waals surface area contributed by atoms with Crippen LogP contribution in [0.5, 0.6) is 11.5 Å². The molecule has 2 N–H and O–H groups in total. The molecule has 2 atom stereocenters. The highest BCUT2D eigenvalue weighted by atomic mass is 32.1. The van der Waals surface area contributed by atoms with E-state index in [1.54, 1.807) is 11.3 Å². The largest absolute Gasteiger partial charge is 0.454 e. The van der Waals surface area contributed by atoms with Crippen molar-refractivity contribution in [3.63, 3.8) is 0 Å². The van der Waals surface area contributed by atoms with Crippen LogP contribution in [0.1, 0.15) is 30.2 Å². The zero-order chi connectivity index (χ0) is 13.9. The van der Waals surface area contributed by atoms with E-state index < -0.39 is 6.10 Å². The Bertz CT molecular complexity index is 571. The summed E-state index contributed by atoms with van der Waals surface area (Å²) >= 11 is 1.59. The van der Waals surface area contributed by atoms with Gasteiger partial charge < -0.3 is 19.9 Å². The van der Waals surface area contributed by atoms with Crippen molar-refractivity contribution in [2.75, 3.05) is 13.3 Å². The van der Waals surface area contributed by atoms with E-state index in [4.69, 9.17) is 9.47 Å². The summed E-state index contributed by atoms with van der Waals surface area (Å²) in [6, 6.07) is 8.00. The summed E-state index contributed by atoms with van der Waals surface area (Å²) in [6.45, 7) is 2.88. The summed E-state index contributed by atoms with van der Waals surface area (Å²) in [4.78, 5) is 0. The molecule has 0 spiro atoms. The molecular formula is C15H17NO3S. The molecule has 0 fully saturated rings. The maximum absolute atomic E-state index is 10.1. The van der Waals surface area contributed by atoms with Crippen molar-refractivity contribution in [2.24, 2.45) is 0 Å². The number of nitrogens with one attached hydrogen (secondary N) is 1. The normalized spacial score (nSPS) is 16.1. The van der Waals surface area contributed by atoms with E-state index in [9.17, 15) is 5.11 Å². The molecule has 0 saturated carbocycles. The predicted molar refractivity (Wildman–Crippen MR) is 78.3 cm³/mol. The number of aliphatic hydroxyl groups is 1. The average Bonchev–Trinajstić information content (AvgIpc) is 3.13. The molecule has 5 heteroatoms. The Hall–Kier alpha value is -1.56. The highest BCUT2D eigenvalue weighted by Crippen LogP contribution is 2.34. The molecule has 1 aliphatic heterocycles. The second kappa shape index (κ2) is 5.83. The van der Waals surface area contributed by atoms with Gasteiger partial charge in [0.15, 0.2) is 11.5 Å². The lowest BCUT2D eigenvalue weighted by molar-refractivity contribution is 0.171. The molecular weight excluding hydrogens is 274 g/mol. The fourth-order valence-electron chi connectivity index (χ4n) is 2.17. The molecule has 2 aromatic rings. The maximum atomic E-state index is 10.1. The summed E-state index contributed by atoms with van der Waals surface area (Å²) in [6.07, 6.45) is -0.474. The van der Waals surface area contributed by atoms with Crippen LogP contribution in [0.2, 0.25) is 0 Å². The highest BCUT2D eigenvalue weighted by molar-refractivity contribution is 7.07. The van der Waals surface area contributed by atoms with Crippen LogP contribution in [0.3, 0.4) is 0 Å². The standard InChI is InChI=1S/C15H17NO3S/c1-10(16-7-13(17)12-4-5-20-8-12)11-2-3-14-15(6-11)19-9-18-14/h2-6,8,10,13,16-17H,7,9H2,1H3. The molecule has 4 nitrogen and oxygen atoms in total. The van der Waals surface area contributed by atoms with Crippen LogP contribution in [0.15, 0.2) is 35.0 Å². The quantitative estimate of drug-likeness (QED) is 0.889. The molecule has 0 saturated heterocycles. The van der Waals surface area contributed by atoms with Gasteiger partial charge in [-0.15, -0.1) is 0 Å². The Morgan fingerprint density at radius 1 is 1.25 bits per heavy atom. The van der Waals surface area contributed by atoms with Crippen molar-refractivity contribution in [2.45, 2.75) is 19.1 Å². The molecule has 20 heavy (non-hydrogen) atoms. The smallest absolute Gasteiger partial charge is 0.231 e. The van der Waals surface area contributed by atoms with Crippen LogP contribution in [0, 0.1) is 0 Å². The lowest BCUT2D eigenvalue weighted by Gasteiger charge is -2.17. The van der Waals surface area contributed by atoms with Gasteiger partial charge in [0.25, 0.3) is 0 Å². The van der Waals surface area contributed by atoms with E-state index in [0.29, 0.717) is 6.54 Å². The molecule has 0 aliphatic carbocycles. The number of thiophene rings is 1. The molecule has 3 rings (SSSR count). The summed E-state index contributed by atoms with van der Waals surface area (Å²) < 4.78 is 10.7. The van der Waals surface area contributed by atoms with Gasteiger partial charge in [0.05, 0.1) is 6.10 Å². The van der Waals surface area contributed by atoms with Gasteiger partial charge in [-0.25, -0.2) is 0 Å². The number of fused-ring (bicyclic) bond motifs is 1. The Morgan fingerprint density at radius 2 is 2.10 bits per heavy atom. The first kappa shape index (κ1) is 13.4. The maximum Gasteiger partial charge on any atom is 0.231 e. The molecule has 1 aliphatic rings. The number of hydrogen-bond acceptors (Lipinski definition) is 5. The van der Waals surface area contributed by atoms with Crippen LogP contribution in [-0.4, -0.2) is 18.4 Å². The Morgan fingerprint density at radius 3 is 2.90 bits per heavy atom. The van der Waals surface area contributed by atoms with Crippen molar-refractivity contribution >= 4 is 11.3 Å². The van der Waals surface area contributed by atoms with Crippen LogP contribution in [0.4, 0.5) is 0 Å². The van der Waals surface area contributed by atoms with Gasteiger partial charge in [0.2, 0.25) is 6.79 Å². The van der Waals surface area contributed by atoms with Gasteiger partial charge in [-0.3, -0.25) is 0 Å². The highest BCUT2D eigenvalue weighted by Gasteiger charge is 2.16. The second-order valence-electron chi connectivity index (χ2n) is 4.82. The SMILES string of the molecule is CC(NCC(O)c1ccsc1)c1ccc2c(c1)OCO2. The molecule has 0 amide bonds. The number of ether oxygens (including phenoxy) is 2. The molecule has 2 unspecified atom stereocenters. The van der Waals surface area contributed by atoms with Crippen molar-refractivity contribution in [3.8, 4) is 11.5 Å². The number of benzene rings is 1. The number of hydrogen-bond donors (Lipinski definition) is 2. The van der Waals surface area contributed by atoms with Gasteiger partial charge in [0.1, 0.15) is 0 Å². The fourth-order valence-corrected chi connectivity index (χ4v) is 2.88. The van der Waals surface area contributed by atoms with E-state index in [-0.39, 0.29) is 12.8 Å². The monoisotopic (exact) mass is 291 g/mol. The molecule has 106 valence electrons. The van der Waals surface area contributed by atoms with Crippen molar-refractivity contribution in [1.29, 1.82) is 0 Å². The van der Waals surface area contributed by atoms with Gasteiger partial charge in [-0.1, -0.05) is 6.07 Å². The van der Waals surface area contributed by atoms with Crippen LogP contribution in [-0.2, 0) is 0 Å². The van der Waals surface area contributed by atoms with Gasteiger partial charge in [0, 0.05) is 12.6 Å². The van der Waals surface area contributed by atoms with E-state index in [1.807, 2.05) is 35.0 Å². The Kier molecular flexibility index (Phi) is 3.91. The first-order chi connectivity index (χ1) is 9.74. The number of aliphatic hydroxyl groups excluding tert-OH is 1. The predicted octanol–water partition coefficient (Wildman–Crippen LogP) is 2.86. The topological polar surface area (TPSA) is 50.7 Å². The first-order valence-corrected chi connectivity index (χ1v) is 7.51. The van der Waals surface area contributed by atoms with Crippen LogP contribution < -0.4 is 14.8 Å². The summed E-state index contributed by atoms with van der Waals surface area (Å²) in [7, 11) is 0. The minimum absolute atomic E-state index is 0.137. The summed E-state index contributed by atoms with van der Waals surface area (Å²) in [5.74, 6) is 1.58. The van der Waals surface area contributed by atoms with Crippen molar-refractivity contribution in [1.82, 2.24) is 5.32 Å². The van der Waals surface area contributed by atoms with Crippen molar-refractivity contribution in [3.05, 3.63) is 46.2 Å². The minimum Gasteiger partial charge on any atom is -0.454 e. The fraction of sp³-hybridized carbons (Fsp3) is 0.333. The Balaban J connectivity index is 1.60. The Labute approximate surface area is 122 Å². The van der Waals surface area contributed by atoms with E-state index in [2.05, 4.69) is 12.2 Å². The molecule has 0 radical (unpaired) electrons. The lowest BCUT2D eigenvalue weighted by atomic mass is 10.1. The van der Waals surface area contributed by atoms with E-state index in [1.165, 1.54) is 0 Å². The summed E-state index contributed by atoms with van der Waals surface area (Å²) in [5.41, 5.74) is 2.08. The van der Waals surface area contributed by atoms with Crippen molar-refractivity contribution < 1.29 is 14.6 Å². The third-order valence-electron chi connectivity index (χ3n) is 3.44. The number of rotatable bonds is 5. The summed E-state index contributed by atoms with van der Waals surface area (Å²) in [5, 5.41) is 17.3.